The molecule has 1 unspecified atom stereocenters. The first kappa shape index (κ1) is 9.28. The van der Waals surface area contributed by atoms with E-state index < -0.39 is 15.4 Å². The van der Waals surface area contributed by atoms with Crippen molar-refractivity contribution in [1.29, 1.82) is 0 Å². The van der Waals surface area contributed by atoms with Gasteiger partial charge in [0.05, 0.1) is 0 Å². The largest absolute Gasteiger partial charge is 0.399 e. The summed E-state index contributed by atoms with van der Waals surface area (Å²) in [6.07, 6.45) is 3.36. The molecule has 1 aliphatic carbocycles. The van der Waals surface area contributed by atoms with E-state index in [1.165, 1.54) is 6.08 Å². The zero-order chi connectivity index (χ0) is 9.35. The van der Waals surface area contributed by atoms with Gasteiger partial charge in [0.1, 0.15) is 5.25 Å². The van der Waals surface area contributed by atoms with Crippen molar-refractivity contribution in [1.82, 2.24) is 0 Å². The van der Waals surface area contributed by atoms with E-state index in [4.69, 9.17) is 10.3 Å². The smallest absolute Gasteiger partial charge is 0.271 e. The second-order valence-corrected chi connectivity index (χ2v) is 4.43. The van der Waals surface area contributed by atoms with Crippen molar-refractivity contribution in [2.75, 3.05) is 0 Å². The normalized spacial score (nSPS) is 24.7. The van der Waals surface area contributed by atoms with E-state index in [0.29, 0.717) is 12.1 Å². The SMILES string of the molecule is CC1=CCC(S(=O)(=O)O)C=C1N. The van der Waals surface area contributed by atoms with Crippen molar-refractivity contribution in [3.63, 3.8) is 0 Å². The van der Waals surface area contributed by atoms with E-state index in [-0.39, 0.29) is 0 Å². The Bertz CT molecular complexity index is 340. The standard InChI is InChI=1S/C7H11NO3S/c1-5-2-3-6(4-7(5)8)12(9,10)11/h2,4,6H,3,8H2,1H3,(H,9,10,11). The summed E-state index contributed by atoms with van der Waals surface area (Å²) in [4.78, 5) is 0. The molecule has 0 fully saturated rings. The minimum Gasteiger partial charge on any atom is -0.399 e. The molecule has 0 saturated carbocycles. The summed E-state index contributed by atoms with van der Waals surface area (Å²) in [7, 11) is -3.98. The van der Waals surface area contributed by atoms with Gasteiger partial charge in [0.25, 0.3) is 10.1 Å². The van der Waals surface area contributed by atoms with Crippen LogP contribution >= 0.6 is 0 Å². The van der Waals surface area contributed by atoms with Crippen LogP contribution in [0.4, 0.5) is 0 Å². The van der Waals surface area contributed by atoms with E-state index in [0.717, 1.165) is 5.57 Å². The first-order valence-electron chi connectivity index (χ1n) is 3.52. The Kier molecular flexibility index (Phi) is 2.25. The van der Waals surface area contributed by atoms with Gasteiger partial charge in [-0.25, -0.2) is 0 Å². The third-order valence-electron chi connectivity index (χ3n) is 1.86. The van der Waals surface area contributed by atoms with Gasteiger partial charge in [0, 0.05) is 5.70 Å². The van der Waals surface area contributed by atoms with Crippen LogP contribution in [-0.4, -0.2) is 18.2 Å². The Morgan fingerprint density at radius 1 is 1.67 bits per heavy atom. The molecule has 12 heavy (non-hydrogen) atoms. The van der Waals surface area contributed by atoms with Crippen LogP contribution in [0, 0.1) is 0 Å². The van der Waals surface area contributed by atoms with Crippen LogP contribution in [0.2, 0.25) is 0 Å². The molecule has 0 bridgehead atoms. The molecule has 0 aromatic heterocycles. The van der Waals surface area contributed by atoms with Crippen LogP contribution in [-0.2, 0) is 10.1 Å². The zero-order valence-corrected chi connectivity index (χ0v) is 7.50. The van der Waals surface area contributed by atoms with E-state index >= 15 is 0 Å². The van der Waals surface area contributed by atoms with Gasteiger partial charge in [0.15, 0.2) is 0 Å². The highest BCUT2D eigenvalue weighted by molar-refractivity contribution is 7.86. The van der Waals surface area contributed by atoms with Crippen molar-refractivity contribution in [2.24, 2.45) is 5.73 Å². The molecule has 1 atom stereocenters. The number of hydrogen-bond acceptors (Lipinski definition) is 3. The third kappa shape index (κ3) is 1.86. The molecule has 0 heterocycles. The predicted octanol–water partition coefficient (Wildman–Crippen LogP) is 0.435. The van der Waals surface area contributed by atoms with E-state index in [1.807, 2.05) is 0 Å². The lowest BCUT2D eigenvalue weighted by Crippen LogP contribution is -2.22. The average molecular weight is 189 g/mol. The first-order valence-corrected chi connectivity index (χ1v) is 5.02. The molecular weight excluding hydrogens is 178 g/mol. The Labute approximate surface area is 71.5 Å². The van der Waals surface area contributed by atoms with Gasteiger partial charge in [-0.2, -0.15) is 8.42 Å². The van der Waals surface area contributed by atoms with Gasteiger partial charge in [0.2, 0.25) is 0 Å². The summed E-state index contributed by atoms with van der Waals surface area (Å²) in [6, 6.07) is 0. The van der Waals surface area contributed by atoms with E-state index in [2.05, 4.69) is 0 Å². The molecule has 0 aromatic rings. The molecule has 0 radical (unpaired) electrons. The highest BCUT2D eigenvalue weighted by Gasteiger charge is 2.22. The summed E-state index contributed by atoms with van der Waals surface area (Å²) in [5.74, 6) is 0. The predicted molar refractivity (Wildman–Crippen MR) is 46.0 cm³/mol. The van der Waals surface area contributed by atoms with Gasteiger partial charge < -0.3 is 5.73 Å². The molecule has 1 aliphatic rings. The van der Waals surface area contributed by atoms with Crippen LogP contribution in [0.1, 0.15) is 13.3 Å². The third-order valence-corrected chi connectivity index (χ3v) is 2.95. The van der Waals surface area contributed by atoms with Crippen molar-refractivity contribution in [2.45, 2.75) is 18.6 Å². The molecule has 0 amide bonds. The van der Waals surface area contributed by atoms with E-state index in [9.17, 15) is 8.42 Å². The molecule has 0 saturated heterocycles. The summed E-state index contributed by atoms with van der Waals surface area (Å²) in [5, 5.41) is -0.874. The molecule has 68 valence electrons. The molecule has 0 spiro atoms. The summed E-state index contributed by atoms with van der Waals surface area (Å²) in [5.41, 5.74) is 6.76. The van der Waals surface area contributed by atoms with Crippen LogP contribution in [0.25, 0.3) is 0 Å². The first-order chi connectivity index (χ1) is 5.41. The summed E-state index contributed by atoms with van der Waals surface area (Å²) >= 11 is 0. The quantitative estimate of drug-likeness (QED) is 0.586. The highest BCUT2D eigenvalue weighted by atomic mass is 32.2. The fourth-order valence-electron chi connectivity index (χ4n) is 1.02. The molecule has 0 aromatic carbocycles. The molecule has 5 heteroatoms. The molecule has 3 N–H and O–H groups in total. The molecule has 1 rings (SSSR count). The number of rotatable bonds is 1. The van der Waals surface area contributed by atoms with Crippen molar-refractivity contribution in [3.8, 4) is 0 Å². The fraction of sp³-hybridized carbons (Fsp3) is 0.429. The van der Waals surface area contributed by atoms with E-state index in [1.54, 1.807) is 13.0 Å². The van der Waals surface area contributed by atoms with Gasteiger partial charge in [-0.05, 0) is 25.0 Å². The highest BCUT2D eigenvalue weighted by Crippen LogP contribution is 2.18. The summed E-state index contributed by atoms with van der Waals surface area (Å²) in [6.45, 7) is 1.80. The minimum atomic E-state index is -3.98. The van der Waals surface area contributed by atoms with Crippen LogP contribution < -0.4 is 5.73 Å². The van der Waals surface area contributed by atoms with Gasteiger partial charge in [-0.1, -0.05) is 6.08 Å². The molecular formula is C7H11NO3S. The fourth-order valence-corrected chi connectivity index (χ4v) is 1.68. The van der Waals surface area contributed by atoms with Gasteiger partial charge in [-0.3, -0.25) is 4.55 Å². The Hall–Kier alpha value is -0.810. The second-order valence-electron chi connectivity index (χ2n) is 2.80. The van der Waals surface area contributed by atoms with Crippen molar-refractivity contribution in [3.05, 3.63) is 23.4 Å². The maximum Gasteiger partial charge on any atom is 0.271 e. The Morgan fingerprint density at radius 2 is 2.25 bits per heavy atom. The van der Waals surface area contributed by atoms with Gasteiger partial charge in [-0.15, -0.1) is 0 Å². The second kappa shape index (κ2) is 2.91. The topological polar surface area (TPSA) is 80.4 Å². The monoisotopic (exact) mass is 189 g/mol. The zero-order valence-electron chi connectivity index (χ0n) is 6.69. The van der Waals surface area contributed by atoms with Crippen molar-refractivity contribution >= 4 is 10.1 Å². The van der Waals surface area contributed by atoms with Gasteiger partial charge >= 0.3 is 0 Å². The average Bonchev–Trinajstić information content (AvgIpc) is 1.92. The molecule has 0 aliphatic heterocycles. The van der Waals surface area contributed by atoms with Crippen LogP contribution in [0.5, 0.6) is 0 Å². The lowest BCUT2D eigenvalue weighted by molar-refractivity contribution is 0.474. The number of allylic oxidation sites excluding steroid dienone is 2. The Balaban J connectivity index is 2.94. The Morgan fingerprint density at radius 3 is 2.67 bits per heavy atom. The van der Waals surface area contributed by atoms with Crippen LogP contribution in [0.3, 0.4) is 0 Å². The number of hydrogen-bond donors (Lipinski definition) is 2. The lowest BCUT2D eigenvalue weighted by atomic mass is 10.1. The molecule has 4 nitrogen and oxygen atoms in total. The number of nitrogens with two attached hydrogens (primary N) is 1. The van der Waals surface area contributed by atoms with Crippen molar-refractivity contribution < 1.29 is 13.0 Å². The summed E-state index contributed by atoms with van der Waals surface area (Å²) < 4.78 is 30.0. The maximum atomic E-state index is 10.7. The maximum absolute atomic E-state index is 10.7. The minimum absolute atomic E-state index is 0.297. The lowest BCUT2D eigenvalue weighted by Gasteiger charge is -2.14. The van der Waals surface area contributed by atoms with Crippen LogP contribution in [0.15, 0.2) is 23.4 Å².